The van der Waals surface area contributed by atoms with E-state index in [1.165, 1.54) is 17.4 Å². The molecule has 2 heteroatoms. The molecule has 0 saturated carbocycles. The molecular formula is C10H15BN. The third-order valence-electron chi connectivity index (χ3n) is 1.96. The monoisotopic (exact) mass is 160 g/mol. The van der Waals surface area contributed by atoms with Gasteiger partial charge in [0.1, 0.15) is 0 Å². The second kappa shape index (κ2) is 4.20. The van der Waals surface area contributed by atoms with E-state index in [1.807, 2.05) is 13.0 Å². The maximum Gasteiger partial charge on any atom is 0.151 e. The van der Waals surface area contributed by atoms with E-state index < -0.39 is 0 Å². The first-order chi connectivity index (χ1) is 5.74. The zero-order valence-electron chi connectivity index (χ0n) is 7.80. The van der Waals surface area contributed by atoms with Crippen LogP contribution in [0.4, 0.5) is 5.69 Å². The molecule has 0 saturated heterocycles. The van der Waals surface area contributed by atoms with Gasteiger partial charge in [-0.25, -0.2) is 0 Å². The normalized spacial score (nSPS) is 9.83. The molecule has 0 unspecified atom stereocenters. The number of hydrogen-bond acceptors (Lipinski definition) is 1. The quantitative estimate of drug-likeness (QED) is 0.528. The second-order valence-corrected chi connectivity index (χ2v) is 3.11. The van der Waals surface area contributed by atoms with Crippen molar-refractivity contribution in [1.29, 1.82) is 0 Å². The van der Waals surface area contributed by atoms with Crippen molar-refractivity contribution in [2.75, 3.05) is 5.73 Å². The van der Waals surface area contributed by atoms with Crippen molar-refractivity contribution >= 4 is 18.4 Å². The van der Waals surface area contributed by atoms with Crippen LogP contribution >= 0.6 is 0 Å². The molecule has 12 heavy (non-hydrogen) atoms. The molecule has 1 nitrogen and oxygen atoms in total. The maximum absolute atomic E-state index is 5.70. The van der Waals surface area contributed by atoms with Gasteiger partial charge in [-0.2, -0.15) is 0 Å². The fourth-order valence-corrected chi connectivity index (χ4v) is 1.14. The zero-order chi connectivity index (χ0) is 8.97. The van der Waals surface area contributed by atoms with Crippen molar-refractivity contribution in [2.45, 2.75) is 26.6 Å². The number of benzene rings is 1. The maximum atomic E-state index is 5.70. The van der Waals surface area contributed by atoms with E-state index in [-0.39, 0.29) is 0 Å². The van der Waals surface area contributed by atoms with Crippen molar-refractivity contribution in [1.82, 2.24) is 0 Å². The van der Waals surface area contributed by atoms with Crippen LogP contribution in [-0.2, 0) is 0 Å². The summed E-state index contributed by atoms with van der Waals surface area (Å²) in [6, 6.07) is 6.17. The van der Waals surface area contributed by atoms with Crippen molar-refractivity contribution in [3.05, 3.63) is 23.8 Å². The second-order valence-electron chi connectivity index (χ2n) is 3.11. The van der Waals surface area contributed by atoms with Gasteiger partial charge in [0.25, 0.3) is 0 Å². The summed E-state index contributed by atoms with van der Waals surface area (Å²) < 4.78 is 0. The molecular weight excluding hydrogens is 145 g/mol. The predicted molar refractivity (Wildman–Crippen MR) is 56.1 cm³/mol. The number of aryl methyl sites for hydroxylation is 1. The SMILES string of the molecule is CCC[B]c1ccc(N)c(C)c1. The molecule has 0 spiro atoms. The molecule has 1 aromatic rings. The van der Waals surface area contributed by atoms with Gasteiger partial charge in [0.15, 0.2) is 7.28 Å². The molecule has 0 aliphatic carbocycles. The largest absolute Gasteiger partial charge is 0.399 e. The van der Waals surface area contributed by atoms with Gasteiger partial charge in [-0.1, -0.05) is 37.3 Å². The lowest BCUT2D eigenvalue weighted by molar-refractivity contribution is 1.08. The Balaban J connectivity index is 2.69. The van der Waals surface area contributed by atoms with Crippen molar-refractivity contribution < 1.29 is 0 Å². The average molecular weight is 160 g/mol. The Kier molecular flexibility index (Phi) is 3.21. The highest BCUT2D eigenvalue weighted by atomic mass is 14.5. The first-order valence-electron chi connectivity index (χ1n) is 4.43. The Morgan fingerprint density at radius 3 is 2.75 bits per heavy atom. The molecule has 0 amide bonds. The number of rotatable bonds is 3. The van der Waals surface area contributed by atoms with E-state index in [1.54, 1.807) is 0 Å². The number of anilines is 1. The van der Waals surface area contributed by atoms with Crippen LogP contribution in [0.5, 0.6) is 0 Å². The lowest BCUT2D eigenvalue weighted by atomic mass is 9.66. The van der Waals surface area contributed by atoms with Gasteiger partial charge in [0, 0.05) is 5.69 Å². The minimum Gasteiger partial charge on any atom is -0.399 e. The van der Waals surface area contributed by atoms with Crippen LogP contribution in [0.15, 0.2) is 18.2 Å². The molecule has 0 aliphatic heterocycles. The summed E-state index contributed by atoms with van der Waals surface area (Å²) in [6.45, 7) is 4.22. The van der Waals surface area contributed by atoms with Crippen LogP contribution in [0, 0.1) is 6.92 Å². The van der Waals surface area contributed by atoms with Gasteiger partial charge in [0.2, 0.25) is 0 Å². The summed E-state index contributed by atoms with van der Waals surface area (Å²) in [7, 11) is 2.24. The fraction of sp³-hybridized carbons (Fsp3) is 0.400. The van der Waals surface area contributed by atoms with Crippen molar-refractivity contribution in [3.63, 3.8) is 0 Å². The molecule has 1 radical (unpaired) electrons. The standard InChI is InChI=1S/C10H15BN/c1-3-6-11-9-4-5-10(12)8(2)7-9/h4-5,7H,3,6,12H2,1-2H3. The van der Waals surface area contributed by atoms with Crippen LogP contribution in [0.25, 0.3) is 0 Å². The van der Waals surface area contributed by atoms with Crippen molar-refractivity contribution in [2.24, 2.45) is 0 Å². The summed E-state index contributed by atoms with van der Waals surface area (Å²) in [5, 5.41) is 0. The van der Waals surface area contributed by atoms with E-state index in [9.17, 15) is 0 Å². The Morgan fingerprint density at radius 2 is 2.17 bits per heavy atom. The van der Waals surface area contributed by atoms with Crippen LogP contribution in [0.1, 0.15) is 18.9 Å². The molecule has 0 aromatic heterocycles. The lowest BCUT2D eigenvalue weighted by Gasteiger charge is -2.02. The molecule has 1 aromatic carbocycles. The molecule has 0 atom stereocenters. The van der Waals surface area contributed by atoms with Gasteiger partial charge in [-0.05, 0) is 18.6 Å². The van der Waals surface area contributed by atoms with Gasteiger partial charge in [-0.15, -0.1) is 0 Å². The summed E-state index contributed by atoms with van der Waals surface area (Å²) in [5.74, 6) is 0. The van der Waals surface area contributed by atoms with E-state index in [0.717, 1.165) is 12.0 Å². The molecule has 63 valence electrons. The Bertz CT molecular complexity index is 258. The topological polar surface area (TPSA) is 26.0 Å². The summed E-state index contributed by atoms with van der Waals surface area (Å²) in [5.41, 5.74) is 9.03. The highest BCUT2D eigenvalue weighted by Gasteiger charge is 1.96. The number of nitrogen functional groups attached to an aromatic ring is 1. The number of nitrogens with two attached hydrogens (primary N) is 1. The van der Waals surface area contributed by atoms with Crippen molar-refractivity contribution in [3.8, 4) is 0 Å². The minimum absolute atomic E-state index is 0.878. The Hall–Kier alpha value is -0.915. The first-order valence-corrected chi connectivity index (χ1v) is 4.43. The van der Waals surface area contributed by atoms with Crippen LogP contribution in [-0.4, -0.2) is 7.28 Å². The fourth-order valence-electron chi connectivity index (χ4n) is 1.14. The molecule has 1 rings (SSSR count). The molecule has 0 fully saturated rings. The summed E-state index contributed by atoms with van der Waals surface area (Å²) in [4.78, 5) is 0. The predicted octanol–water partition coefficient (Wildman–Crippen LogP) is 1.74. The molecule has 0 aliphatic rings. The third-order valence-corrected chi connectivity index (χ3v) is 1.96. The van der Waals surface area contributed by atoms with Gasteiger partial charge in [0.05, 0.1) is 0 Å². The van der Waals surface area contributed by atoms with Crippen LogP contribution in [0.3, 0.4) is 0 Å². The first kappa shape index (κ1) is 9.18. The smallest absolute Gasteiger partial charge is 0.151 e. The van der Waals surface area contributed by atoms with Gasteiger partial charge < -0.3 is 5.73 Å². The summed E-state index contributed by atoms with van der Waals surface area (Å²) >= 11 is 0. The number of hydrogen-bond donors (Lipinski definition) is 1. The van der Waals surface area contributed by atoms with Crippen LogP contribution in [0.2, 0.25) is 6.32 Å². The molecule has 0 heterocycles. The van der Waals surface area contributed by atoms with E-state index in [2.05, 4.69) is 26.3 Å². The molecule has 0 bridgehead atoms. The van der Waals surface area contributed by atoms with Gasteiger partial charge >= 0.3 is 0 Å². The lowest BCUT2D eigenvalue weighted by Crippen LogP contribution is -2.13. The van der Waals surface area contributed by atoms with Crippen LogP contribution < -0.4 is 11.2 Å². The average Bonchev–Trinajstić information content (AvgIpc) is 2.07. The Morgan fingerprint density at radius 1 is 1.42 bits per heavy atom. The van der Waals surface area contributed by atoms with Gasteiger partial charge in [-0.3, -0.25) is 0 Å². The summed E-state index contributed by atoms with van der Waals surface area (Å²) in [6.07, 6.45) is 2.34. The zero-order valence-corrected chi connectivity index (χ0v) is 7.80. The highest BCUT2D eigenvalue weighted by Crippen LogP contribution is 2.06. The van der Waals surface area contributed by atoms with E-state index >= 15 is 0 Å². The molecule has 2 N–H and O–H groups in total. The Labute approximate surface area is 75.2 Å². The third kappa shape index (κ3) is 2.30. The van der Waals surface area contributed by atoms with E-state index in [4.69, 9.17) is 5.73 Å². The van der Waals surface area contributed by atoms with E-state index in [0.29, 0.717) is 0 Å². The highest BCUT2D eigenvalue weighted by molar-refractivity contribution is 6.53. The minimum atomic E-state index is 0.878.